The molecule has 2 atom stereocenters. The molecule has 25 heavy (non-hydrogen) atoms. The van der Waals surface area contributed by atoms with E-state index in [1.807, 2.05) is 27.7 Å². The van der Waals surface area contributed by atoms with E-state index in [1.165, 1.54) is 0 Å². The summed E-state index contributed by atoms with van der Waals surface area (Å²) in [5, 5.41) is 6.77. The Morgan fingerprint density at radius 3 is 2.68 bits per heavy atom. The quantitative estimate of drug-likeness (QED) is 0.598. The van der Waals surface area contributed by atoms with Gasteiger partial charge in [-0.3, -0.25) is 0 Å². The van der Waals surface area contributed by atoms with Crippen molar-refractivity contribution in [1.82, 2.24) is 9.97 Å². The summed E-state index contributed by atoms with van der Waals surface area (Å²) in [4.78, 5) is 20.2. The second kappa shape index (κ2) is 8.08. The van der Waals surface area contributed by atoms with E-state index in [0.717, 1.165) is 30.6 Å². The summed E-state index contributed by atoms with van der Waals surface area (Å²) in [5.74, 6) is 1.54. The molecule has 0 aromatic carbocycles. The van der Waals surface area contributed by atoms with Crippen LogP contribution in [0.25, 0.3) is 0 Å². The number of rotatable bonds is 5. The summed E-state index contributed by atoms with van der Waals surface area (Å²) in [6, 6.07) is 0.265. The van der Waals surface area contributed by atoms with Gasteiger partial charge in [0.1, 0.15) is 16.6 Å². The highest BCUT2D eigenvalue weighted by molar-refractivity contribution is 6.30. The first-order valence-corrected chi connectivity index (χ1v) is 8.90. The lowest BCUT2D eigenvalue weighted by molar-refractivity contribution is -0.0128. The molecule has 0 amide bonds. The molecule has 1 aliphatic carbocycles. The van der Waals surface area contributed by atoms with E-state index in [0.29, 0.717) is 23.6 Å². The van der Waals surface area contributed by atoms with Gasteiger partial charge in [-0.2, -0.15) is 4.98 Å². The molecular weight excluding hydrogens is 344 g/mol. The van der Waals surface area contributed by atoms with Gasteiger partial charge in [0.15, 0.2) is 0 Å². The molecule has 0 saturated heterocycles. The van der Waals surface area contributed by atoms with Crippen molar-refractivity contribution >= 4 is 29.5 Å². The Balaban J connectivity index is 1.85. The highest BCUT2D eigenvalue weighted by atomic mass is 35.5. The summed E-state index contributed by atoms with van der Waals surface area (Å²) in [6.45, 7) is 7.72. The topological polar surface area (TPSA) is 85.4 Å². The van der Waals surface area contributed by atoms with Crippen LogP contribution < -0.4 is 10.6 Å². The number of nitrogens with zero attached hydrogens (tertiary/aromatic N) is 2. The molecule has 0 aliphatic heterocycles. The van der Waals surface area contributed by atoms with Crippen LogP contribution >= 0.6 is 11.6 Å². The minimum atomic E-state index is -0.610. The van der Waals surface area contributed by atoms with Gasteiger partial charge in [-0.15, -0.1) is 0 Å². The lowest BCUT2D eigenvalue weighted by atomic mass is 10.1. The lowest BCUT2D eigenvalue weighted by Crippen LogP contribution is -2.26. The maximum Gasteiger partial charge on any atom is 0.508 e. The average molecular weight is 371 g/mol. The van der Waals surface area contributed by atoms with Gasteiger partial charge in [0.05, 0.1) is 6.61 Å². The number of aromatic nitrogens is 2. The van der Waals surface area contributed by atoms with Crippen molar-refractivity contribution in [1.29, 1.82) is 0 Å². The number of carbonyl (C=O) groups excluding carboxylic acids is 1. The Kier molecular flexibility index (Phi) is 6.32. The number of nitrogens with one attached hydrogen (secondary N) is 2. The van der Waals surface area contributed by atoms with Crippen LogP contribution in [0.3, 0.4) is 0 Å². The maximum absolute atomic E-state index is 11.6. The molecule has 0 radical (unpaired) electrons. The minimum Gasteiger partial charge on any atom is -0.434 e. The van der Waals surface area contributed by atoms with Crippen molar-refractivity contribution < 1.29 is 14.3 Å². The van der Waals surface area contributed by atoms with Crippen molar-refractivity contribution in [2.45, 2.75) is 58.6 Å². The second-order valence-corrected chi connectivity index (χ2v) is 7.72. The molecule has 2 rings (SSSR count). The molecular formula is C17H27ClN4O3. The monoisotopic (exact) mass is 370 g/mol. The van der Waals surface area contributed by atoms with Gasteiger partial charge in [0.25, 0.3) is 0 Å². The summed E-state index contributed by atoms with van der Waals surface area (Å²) >= 11 is 6.15. The van der Waals surface area contributed by atoms with Gasteiger partial charge in [-0.25, -0.2) is 9.78 Å². The smallest absolute Gasteiger partial charge is 0.434 e. The summed E-state index contributed by atoms with van der Waals surface area (Å²) in [7, 11) is 1.75. The first-order valence-electron chi connectivity index (χ1n) is 8.52. The standard InChI is InChI=1S/C17H27ClN4O3/c1-10-13(18)21-15(19-5)22-14(10)20-12-7-6-11(8-12)9-24-16(23)25-17(2,3)4/h11-12H,6-9H2,1-5H3,(H2,19,20,21,22). The second-order valence-electron chi connectivity index (χ2n) is 7.36. The first-order chi connectivity index (χ1) is 11.7. The Morgan fingerprint density at radius 2 is 2.04 bits per heavy atom. The van der Waals surface area contributed by atoms with E-state index in [-0.39, 0.29) is 6.04 Å². The molecule has 140 valence electrons. The summed E-state index contributed by atoms with van der Waals surface area (Å²) < 4.78 is 10.4. The number of halogens is 1. The molecule has 2 N–H and O–H groups in total. The maximum atomic E-state index is 11.6. The normalized spacial score (nSPS) is 20.2. The number of anilines is 2. The van der Waals surface area contributed by atoms with E-state index in [4.69, 9.17) is 21.1 Å². The van der Waals surface area contributed by atoms with Crippen LogP contribution in [0.1, 0.15) is 45.6 Å². The molecule has 0 spiro atoms. The van der Waals surface area contributed by atoms with Gasteiger partial charge < -0.3 is 20.1 Å². The van der Waals surface area contributed by atoms with Crippen LogP contribution in [-0.2, 0) is 9.47 Å². The van der Waals surface area contributed by atoms with Crippen LogP contribution in [0.2, 0.25) is 5.15 Å². The molecule has 2 unspecified atom stereocenters. The summed E-state index contributed by atoms with van der Waals surface area (Å²) in [6.07, 6.45) is 2.26. The largest absolute Gasteiger partial charge is 0.508 e. The van der Waals surface area contributed by atoms with E-state index in [9.17, 15) is 4.79 Å². The van der Waals surface area contributed by atoms with Gasteiger partial charge in [-0.1, -0.05) is 11.6 Å². The van der Waals surface area contributed by atoms with Crippen molar-refractivity contribution in [2.24, 2.45) is 5.92 Å². The fourth-order valence-corrected chi connectivity index (χ4v) is 2.93. The lowest BCUT2D eigenvalue weighted by Gasteiger charge is -2.20. The highest BCUT2D eigenvalue weighted by Crippen LogP contribution is 2.30. The van der Waals surface area contributed by atoms with Crippen molar-refractivity contribution in [3.8, 4) is 0 Å². The Hall–Kier alpha value is -1.76. The fourth-order valence-electron chi connectivity index (χ4n) is 2.76. The highest BCUT2D eigenvalue weighted by Gasteiger charge is 2.27. The third-order valence-electron chi connectivity index (χ3n) is 4.02. The first kappa shape index (κ1) is 19.6. The predicted octanol–water partition coefficient (Wildman–Crippen LogP) is 4.01. The zero-order valence-corrected chi connectivity index (χ0v) is 16.2. The van der Waals surface area contributed by atoms with E-state index >= 15 is 0 Å². The van der Waals surface area contributed by atoms with Gasteiger partial charge in [-0.05, 0) is 52.9 Å². The zero-order chi connectivity index (χ0) is 18.6. The molecule has 1 aliphatic rings. The number of hydrogen-bond donors (Lipinski definition) is 2. The van der Waals surface area contributed by atoms with Crippen LogP contribution in [0.4, 0.5) is 16.6 Å². The zero-order valence-electron chi connectivity index (χ0n) is 15.5. The van der Waals surface area contributed by atoms with Crippen LogP contribution in [0.5, 0.6) is 0 Å². The predicted molar refractivity (Wildman–Crippen MR) is 98.3 cm³/mol. The third-order valence-corrected chi connectivity index (χ3v) is 4.39. The number of ether oxygens (including phenoxy) is 2. The van der Waals surface area contributed by atoms with Crippen LogP contribution in [-0.4, -0.2) is 41.4 Å². The van der Waals surface area contributed by atoms with E-state index in [1.54, 1.807) is 7.05 Å². The molecule has 1 aromatic heterocycles. The third kappa shape index (κ3) is 5.92. The Labute approximate surface area is 153 Å². The summed E-state index contributed by atoms with van der Waals surface area (Å²) in [5.41, 5.74) is 0.292. The van der Waals surface area contributed by atoms with Crippen LogP contribution in [0, 0.1) is 12.8 Å². The van der Waals surface area contributed by atoms with E-state index < -0.39 is 11.8 Å². The number of carbonyl (C=O) groups is 1. The molecule has 7 nitrogen and oxygen atoms in total. The molecule has 1 aromatic rings. The van der Waals surface area contributed by atoms with Gasteiger partial charge in [0, 0.05) is 18.7 Å². The van der Waals surface area contributed by atoms with Crippen molar-refractivity contribution in [2.75, 3.05) is 24.3 Å². The van der Waals surface area contributed by atoms with Gasteiger partial charge >= 0.3 is 6.16 Å². The van der Waals surface area contributed by atoms with Crippen molar-refractivity contribution in [3.63, 3.8) is 0 Å². The molecule has 1 saturated carbocycles. The Bertz CT molecular complexity index is 619. The molecule has 1 fully saturated rings. The van der Waals surface area contributed by atoms with Gasteiger partial charge in [0.2, 0.25) is 5.95 Å². The minimum absolute atomic E-state index is 0.265. The molecule has 1 heterocycles. The fraction of sp³-hybridized carbons (Fsp3) is 0.706. The number of hydrogen-bond acceptors (Lipinski definition) is 7. The SMILES string of the molecule is CNc1nc(Cl)c(C)c(NC2CCC(COC(=O)OC(C)(C)C)C2)n1. The Morgan fingerprint density at radius 1 is 1.32 bits per heavy atom. The average Bonchev–Trinajstić information content (AvgIpc) is 2.95. The molecule has 0 bridgehead atoms. The van der Waals surface area contributed by atoms with E-state index in [2.05, 4.69) is 20.6 Å². The molecule has 8 heteroatoms. The van der Waals surface area contributed by atoms with Crippen LogP contribution in [0.15, 0.2) is 0 Å². The van der Waals surface area contributed by atoms with Crippen molar-refractivity contribution in [3.05, 3.63) is 10.7 Å².